The SMILES string of the molecule is O=c1[nH]c2cnccc2n1-c1nccs1. The molecule has 0 bridgehead atoms. The fourth-order valence-corrected chi connectivity index (χ4v) is 2.13. The summed E-state index contributed by atoms with van der Waals surface area (Å²) in [6.07, 6.45) is 4.95. The Morgan fingerprint density at radius 2 is 2.33 bits per heavy atom. The largest absolute Gasteiger partial charge is 0.332 e. The smallest absolute Gasteiger partial charge is 0.304 e. The van der Waals surface area contributed by atoms with Gasteiger partial charge in [0.15, 0.2) is 5.13 Å². The lowest BCUT2D eigenvalue weighted by molar-refractivity contribution is 0.998. The topological polar surface area (TPSA) is 63.6 Å². The molecule has 6 heteroatoms. The maximum absolute atomic E-state index is 11.7. The van der Waals surface area contributed by atoms with Gasteiger partial charge >= 0.3 is 5.69 Å². The molecule has 3 aromatic rings. The van der Waals surface area contributed by atoms with Crippen LogP contribution < -0.4 is 5.69 Å². The van der Waals surface area contributed by atoms with E-state index in [2.05, 4.69) is 15.0 Å². The monoisotopic (exact) mass is 218 g/mol. The van der Waals surface area contributed by atoms with Gasteiger partial charge in [-0.25, -0.2) is 14.3 Å². The third-order valence-corrected chi connectivity index (χ3v) is 2.85. The van der Waals surface area contributed by atoms with Crippen LogP contribution in [0.15, 0.2) is 34.8 Å². The number of aromatic nitrogens is 4. The predicted octanol–water partition coefficient (Wildman–Crippen LogP) is 1.17. The molecule has 0 spiro atoms. The Labute approximate surface area is 88.1 Å². The van der Waals surface area contributed by atoms with Crippen LogP contribution in [-0.4, -0.2) is 19.5 Å². The maximum Gasteiger partial charge on any atom is 0.332 e. The number of hydrogen-bond donors (Lipinski definition) is 1. The molecule has 15 heavy (non-hydrogen) atoms. The zero-order chi connectivity index (χ0) is 10.3. The van der Waals surface area contributed by atoms with Crippen LogP contribution in [-0.2, 0) is 0 Å². The van der Waals surface area contributed by atoms with Crippen LogP contribution in [0.3, 0.4) is 0 Å². The molecule has 0 atom stereocenters. The van der Waals surface area contributed by atoms with E-state index in [4.69, 9.17) is 0 Å². The highest BCUT2D eigenvalue weighted by Crippen LogP contribution is 2.15. The molecule has 0 aliphatic heterocycles. The molecule has 0 amide bonds. The number of imidazole rings is 1. The quantitative estimate of drug-likeness (QED) is 0.666. The van der Waals surface area contributed by atoms with E-state index in [0.717, 1.165) is 11.0 Å². The minimum absolute atomic E-state index is 0.187. The van der Waals surface area contributed by atoms with Crippen LogP contribution in [0.25, 0.3) is 16.2 Å². The summed E-state index contributed by atoms with van der Waals surface area (Å²) in [5, 5.41) is 2.50. The summed E-state index contributed by atoms with van der Waals surface area (Å²) in [7, 11) is 0. The van der Waals surface area contributed by atoms with Gasteiger partial charge in [-0.15, -0.1) is 11.3 Å². The van der Waals surface area contributed by atoms with Gasteiger partial charge in [-0.1, -0.05) is 0 Å². The highest BCUT2D eigenvalue weighted by atomic mass is 32.1. The van der Waals surface area contributed by atoms with Gasteiger partial charge in [-0.05, 0) is 6.07 Å². The summed E-state index contributed by atoms with van der Waals surface area (Å²) in [6, 6.07) is 1.79. The number of rotatable bonds is 1. The van der Waals surface area contributed by atoms with E-state index >= 15 is 0 Å². The Morgan fingerprint density at radius 3 is 3.13 bits per heavy atom. The Morgan fingerprint density at radius 1 is 1.40 bits per heavy atom. The molecule has 0 saturated heterocycles. The van der Waals surface area contributed by atoms with Crippen molar-refractivity contribution in [1.29, 1.82) is 0 Å². The number of nitrogens with zero attached hydrogens (tertiary/aromatic N) is 3. The second kappa shape index (κ2) is 3.03. The molecule has 0 saturated carbocycles. The first kappa shape index (κ1) is 8.37. The van der Waals surface area contributed by atoms with E-state index in [1.54, 1.807) is 29.2 Å². The van der Waals surface area contributed by atoms with Crippen molar-refractivity contribution in [3.05, 3.63) is 40.5 Å². The fraction of sp³-hybridized carbons (Fsp3) is 0. The van der Waals surface area contributed by atoms with E-state index in [0.29, 0.717) is 5.13 Å². The van der Waals surface area contributed by atoms with Crippen molar-refractivity contribution in [2.24, 2.45) is 0 Å². The zero-order valence-corrected chi connectivity index (χ0v) is 8.36. The summed E-state index contributed by atoms with van der Waals surface area (Å²) in [4.78, 5) is 22.5. The lowest BCUT2D eigenvalue weighted by Crippen LogP contribution is -2.14. The van der Waals surface area contributed by atoms with Crippen LogP contribution in [0.2, 0.25) is 0 Å². The first-order chi connectivity index (χ1) is 7.36. The highest BCUT2D eigenvalue weighted by Gasteiger charge is 2.09. The fourth-order valence-electron chi connectivity index (χ4n) is 1.48. The second-order valence-electron chi connectivity index (χ2n) is 2.97. The van der Waals surface area contributed by atoms with Crippen molar-refractivity contribution < 1.29 is 0 Å². The number of hydrogen-bond acceptors (Lipinski definition) is 4. The van der Waals surface area contributed by atoms with E-state index in [9.17, 15) is 4.79 Å². The van der Waals surface area contributed by atoms with Crippen molar-refractivity contribution in [2.45, 2.75) is 0 Å². The Bertz CT molecular complexity index is 652. The minimum Gasteiger partial charge on any atom is -0.304 e. The van der Waals surface area contributed by atoms with Crippen LogP contribution in [0.5, 0.6) is 0 Å². The molecule has 5 nitrogen and oxygen atoms in total. The molecular weight excluding hydrogens is 212 g/mol. The normalized spacial score (nSPS) is 10.9. The molecule has 0 aromatic carbocycles. The minimum atomic E-state index is -0.187. The van der Waals surface area contributed by atoms with Gasteiger partial charge < -0.3 is 4.98 Å². The summed E-state index contributed by atoms with van der Waals surface area (Å²) in [5.41, 5.74) is 1.33. The standard InChI is InChI=1S/C9H6N4OS/c14-8-12-6-5-10-2-1-7(6)13(8)9-11-3-4-15-9/h1-5H,(H,12,14). The highest BCUT2D eigenvalue weighted by molar-refractivity contribution is 7.12. The van der Waals surface area contributed by atoms with E-state index in [1.807, 2.05) is 5.38 Å². The average molecular weight is 218 g/mol. The molecule has 74 valence electrons. The number of thiazole rings is 1. The van der Waals surface area contributed by atoms with Gasteiger partial charge in [-0.2, -0.15) is 0 Å². The van der Waals surface area contributed by atoms with E-state index in [1.165, 1.54) is 11.3 Å². The lowest BCUT2D eigenvalue weighted by atomic mass is 10.4. The second-order valence-corrected chi connectivity index (χ2v) is 3.85. The van der Waals surface area contributed by atoms with Crippen molar-refractivity contribution in [1.82, 2.24) is 19.5 Å². The predicted molar refractivity (Wildman–Crippen MR) is 57.4 cm³/mol. The van der Waals surface area contributed by atoms with Gasteiger partial charge in [0.1, 0.15) is 0 Å². The van der Waals surface area contributed by atoms with Crippen molar-refractivity contribution in [3.8, 4) is 5.13 Å². The van der Waals surface area contributed by atoms with Crippen LogP contribution in [0.1, 0.15) is 0 Å². The molecular formula is C9H6N4OS. The number of pyridine rings is 1. The zero-order valence-electron chi connectivity index (χ0n) is 7.54. The first-order valence-corrected chi connectivity index (χ1v) is 5.19. The third-order valence-electron chi connectivity index (χ3n) is 2.09. The summed E-state index contributed by atoms with van der Waals surface area (Å²) >= 11 is 1.42. The van der Waals surface area contributed by atoms with Crippen LogP contribution >= 0.6 is 11.3 Å². The van der Waals surface area contributed by atoms with Gasteiger partial charge in [0.25, 0.3) is 0 Å². The molecule has 0 unspecified atom stereocenters. The molecule has 0 fully saturated rings. The van der Waals surface area contributed by atoms with Crippen molar-refractivity contribution >= 4 is 22.4 Å². The first-order valence-electron chi connectivity index (χ1n) is 4.31. The molecule has 0 aliphatic carbocycles. The molecule has 3 heterocycles. The molecule has 0 radical (unpaired) electrons. The van der Waals surface area contributed by atoms with Crippen molar-refractivity contribution in [3.63, 3.8) is 0 Å². The van der Waals surface area contributed by atoms with Crippen molar-refractivity contribution in [2.75, 3.05) is 0 Å². The Balaban J connectivity index is 2.44. The third kappa shape index (κ3) is 1.18. The number of nitrogens with one attached hydrogen (secondary N) is 1. The van der Waals surface area contributed by atoms with E-state index < -0.39 is 0 Å². The Hall–Kier alpha value is -1.95. The van der Waals surface area contributed by atoms with Gasteiger partial charge in [0, 0.05) is 17.8 Å². The van der Waals surface area contributed by atoms with Crippen LogP contribution in [0, 0.1) is 0 Å². The molecule has 3 aromatic heterocycles. The van der Waals surface area contributed by atoms with Gasteiger partial charge in [0.2, 0.25) is 0 Å². The van der Waals surface area contributed by atoms with E-state index in [-0.39, 0.29) is 5.69 Å². The molecule has 1 N–H and O–H groups in total. The maximum atomic E-state index is 11.7. The Kier molecular flexibility index (Phi) is 1.69. The summed E-state index contributed by atoms with van der Waals surface area (Å²) in [5.74, 6) is 0. The van der Waals surface area contributed by atoms with Gasteiger partial charge in [-0.3, -0.25) is 4.98 Å². The number of aromatic amines is 1. The van der Waals surface area contributed by atoms with Gasteiger partial charge in [0.05, 0.1) is 17.2 Å². The summed E-state index contributed by atoms with van der Waals surface area (Å²) in [6.45, 7) is 0. The number of fused-ring (bicyclic) bond motifs is 1. The number of H-pyrrole nitrogens is 1. The summed E-state index contributed by atoms with van der Waals surface area (Å²) < 4.78 is 1.54. The lowest BCUT2D eigenvalue weighted by Gasteiger charge is -1.95. The molecule has 0 aliphatic rings. The van der Waals surface area contributed by atoms with Crippen LogP contribution in [0.4, 0.5) is 0 Å². The average Bonchev–Trinajstić information content (AvgIpc) is 2.82. The molecule has 3 rings (SSSR count).